The summed E-state index contributed by atoms with van der Waals surface area (Å²) < 4.78 is 6.73. The number of thiazole rings is 1. The summed E-state index contributed by atoms with van der Waals surface area (Å²) in [7, 11) is 4.00. The molecule has 156 valence electrons. The van der Waals surface area contributed by atoms with E-state index < -0.39 is 0 Å². The number of rotatable bonds is 8. The zero-order valence-corrected chi connectivity index (χ0v) is 19.5. The average molecular weight is 452 g/mol. The summed E-state index contributed by atoms with van der Waals surface area (Å²) in [5.74, 6) is 0.721. The standard InChI is InChI=1S/C21H25N3O2S2.ClH/c1-5-26-17-7-6-8-18-19(17)22-21(28-18)24(14-13-23(2)3)20(25)15-9-11-16(27-4)12-10-15;/h6-12H,5,13-14H2,1-4H3;1H. The monoisotopic (exact) mass is 451 g/mol. The largest absolute Gasteiger partial charge is 0.492 e. The molecular weight excluding hydrogens is 426 g/mol. The fraction of sp³-hybridized carbons (Fsp3) is 0.333. The van der Waals surface area contributed by atoms with Gasteiger partial charge < -0.3 is 9.64 Å². The van der Waals surface area contributed by atoms with E-state index in [1.807, 2.05) is 69.7 Å². The highest BCUT2D eigenvalue weighted by Crippen LogP contribution is 2.34. The van der Waals surface area contributed by atoms with Gasteiger partial charge >= 0.3 is 0 Å². The Morgan fingerprint density at radius 1 is 1.14 bits per heavy atom. The van der Waals surface area contributed by atoms with Gasteiger partial charge in [0.05, 0.1) is 11.3 Å². The van der Waals surface area contributed by atoms with Crippen LogP contribution in [0.15, 0.2) is 47.4 Å². The number of fused-ring (bicyclic) bond motifs is 1. The molecule has 3 rings (SSSR count). The quantitative estimate of drug-likeness (QED) is 0.448. The third-order valence-corrected chi connectivity index (χ3v) is 6.04. The maximum atomic E-state index is 13.3. The van der Waals surface area contributed by atoms with Crippen molar-refractivity contribution in [2.24, 2.45) is 0 Å². The fourth-order valence-electron chi connectivity index (χ4n) is 2.77. The minimum atomic E-state index is -0.0356. The Morgan fingerprint density at radius 3 is 2.48 bits per heavy atom. The van der Waals surface area contributed by atoms with Crippen LogP contribution in [-0.2, 0) is 0 Å². The number of amides is 1. The predicted octanol–water partition coefficient (Wildman–Crippen LogP) is 5.05. The maximum absolute atomic E-state index is 13.3. The molecule has 2 aromatic carbocycles. The summed E-state index contributed by atoms with van der Waals surface area (Å²) in [5, 5.41) is 0.697. The first-order valence-corrected chi connectivity index (χ1v) is 11.2. The number of thioether (sulfide) groups is 1. The lowest BCUT2D eigenvalue weighted by atomic mass is 10.2. The van der Waals surface area contributed by atoms with Gasteiger partial charge in [-0.3, -0.25) is 9.69 Å². The zero-order chi connectivity index (χ0) is 20.1. The van der Waals surface area contributed by atoms with Gasteiger partial charge in [0.1, 0.15) is 11.3 Å². The molecule has 3 aromatic rings. The fourth-order valence-corrected chi connectivity index (χ4v) is 4.19. The first-order chi connectivity index (χ1) is 13.5. The van der Waals surface area contributed by atoms with Crippen LogP contribution >= 0.6 is 35.5 Å². The molecule has 29 heavy (non-hydrogen) atoms. The molecule has 0 atom stereocenters. The van der Waals surface area contributed by atoms with Gasteiger partial charge in [-0.05, 0) is 63.7 Å². The van der Waals surface area contributed by atoms with Gasteiger partial charge in [-0.1, -0.05) is 17.4 Å². The van der Waals surface area contributed by atoms with Crippen molar-refractivity contribution >= 4 is 56.8 Å². The van der Waals surface area contributed by atoms with Crippen molar-refractivity contribution in [2.45, 2.75) is 11.8 Å². The lowest BCUT2D eigenvalue weighted by molar-refractivity contribution is 0.0985. The molecule has 0 bridgehead atoms. The summed E-state index contributed by atoms with van der Waals surface area (Å²) >= 11 is 3.18. The molecular formula is C21H26ClN3O2S2. The number of anilines is 1. The minimum absolute atomic E-state index is 0. The van der Waals surface area contributed by atoms with Crippen LogP contribution in [0.2, 0.25) is 0 Å². The van der Waals surface area contributed by atoms with Gasteiger partial charge in [0.25, 0.3) is 5.91 Å². The van der Waals surface area contributed by atoms with Crippen LogP contribution in [0, 0.1) is 0 Å². The second-order valence-electron chi connectivity index (χ2n) is 6.52. The van der Waals surface area contributed by atoms with E-state index >= 15 is 0 Å². The predicted molar refractivity (Wildman–Crippen MR) is 126 cm³/mol. The van der Waals surface area contributed by atoms with E-state index in [4.69, 9.17) is 9.72 Å². The molecule has 0 saturated carbocycles. The molecule has 0 spiro atoms. The Labute approximate surface area is 186 Å². The Bertz CT molecular complexity index is 945. The van der Waals surface area contributed by atoms with Crippen molar-refractivity contribution in [2.75, 3.05) is 44.9 Å². The van der Waals surface area contributed by atoms with Gasteiger partial charge in [-0.15, -0.1) is 24.2 Å². The van der Waals surface area contributed by atoms with Crippen LogP contribution < -0.4 is 9.64 Å². The molecule has 1 amide bonds. The molecule has 0 aliphatic carbocycles. The van der Waals surface area contributed by atoms with E-state index in [1.165, 1.54) is 11.3 Å². The third kappa shape index (κ3) is 5.63. The van der Waals surface area contributed by atoms with Crippen molar-refractivity contribution in [3.05, 3.63) is 48.0 Å². The third-order valence-electron chi connectivity index (χ3n) is 4.25. The molecule has 0 saturated heterocycles. The van der Waals surface area contributed by atoms with E-state index in [9.17, 15) is 4.79 Å². The molecule has 0 N–H and O–H groups in total. The number of halogens is 1. The van der Waals surface area contributed by atoms with Gasteiger partial charge in [-0.25, -0.2) is 4.98 Å². The normalized spacial score (nSPS) is 10.8. The van der Waals surface area contributed by atoms with E-state index in [2.05, 4.69) is 4.90 Å². The Morgan fingerprint density at radius 2 is 1.86 bits per heavy atom. The smallest absolute Gasteiger partial charge is 0.260 e. The van der Waals surface area contributed by atoms with E-state index in [0.717, 1.165) is 27.4 Å². The summed E-state index contributed by atoms with van der Waals surface area (Å²) in [4.78, 5) is 23.0. The van der Waals surface area contributed by atoms with Crippen LogP contribution in [-0.4, -0.2) is 55.8 Å². The molecule has 0 aliphatic heterocycles. The first-order valence-electron chi connectivity index (χ1n) is 9.16. The molecule has 5 nitrogen and oxygen atoms in total. The van der Waals surface area contributed by atoms with Crippen LogP contribution in [0.25, 0.3) is 10.2 Å². The second-order valence-corrected chi connectivity index (χ2v) is 8.41. The number of ether oxygens (including phenoxy) is 1. The maximum Gasteiger partial charge on any atom is 0.260 e. The Hall–Kier alpha value is -1.80. The number of nitrogens with zero attached hydrogens (tertiary/aromatic N) is 3. The number of para-hydroxylation sites is 1. The average Bonchev–Trinajstić information content (AvgIpc) is 3.13. The first kappa shape index (κ1) is 23.5. The molecule has 0 aliphatic rings. The lowest BCUT2D eigenvalue weighted by Crippen LogP contribution is -2.36. The SMILES string of the molecule is CCOc1cccc2sc(N(CCN(C)C)C(=O)c3ccc(SC)cc3)nc12.Cl. The van der Waals surface area contributed by atoms with Gasteiger partial charge in [-0.2, -0.15) is 0 Å². The van der Waals surface area contributed by atoms with Crippen LogP contribution in [0.4, 0.5) is 5.13 Å². The molecule has 0 radical (unpaired) electrons. The van der Waals surface area contributed by atoms with Crippen LogP contribution in [0.3, 0.4) is 0 Å². The second kappa shape index (κ2) is 10.8. The number of likely N-dealkylation sites (N-methyl/N-ethyl adjacent to an activating group) is 1. The van der Waals surface area contributed by atoms with Gasteiger partial charge in [0, 0.05) is 23.5 Å². The molecule has 8 heteroatoms. The van der Waals surface area contributed by atoms with Gasteiger partial charge in [0.2, 0.25) is 0 Å². The molecule has 1 aromatic heterocycles. The number of hydrogen-bond donors (Lipinski definition) is 0. The van der Waals surface area contributed by atoms with Crippen molar-refractivity contribution in [1.29, 1.82) is 0 Å². The van der Waals surface area contributed by atoms with Crippen LogP contribution in [0.5, 0.6) is 5.75 Å². The molecule has 0 fully saturated rings. The number of carbonyl (C=O) groups excluding carboxylic acids is 1. The van der Waals surface area contributed by atoms with Crippen molar-refractivity contribution in [3.8, 4) is 5.75 Å². The highest BCUT2D eigenvalue weighted by Gasteiger charge is 2.22. The lowest BCUT2D eigenvalue weighted by Gasteiger charge is -2.22. The summed E-state index contributed by atoms with van der Waals surface area (Å²) in [6, 6.07) is 13.6. The Balaban J connectivity index is 0.00000300. The van der Waals surface area contributed by atoms with Crippen LogP contribution in [0.1, 0.15) is 17.3 Å². The number of aromatic nitrogens is 1. The minimum Gasteiger partial charge on any atom is -0.492 e. The Kier molecular flexibility index (Phi) is 8.77. The van der Waals surface area contributed by atoms with E-state index in [1.54, 1.807) is 16.7 Å². The summed E-state index contributed by atoms with van der Waals surface area (Å²) in [6.45, 7) is 3.86. The number of carbonyl (C=O) groups is 1. The van der Waals surface area contributed by atoms with Crippen molar-refractivity contribution in [1.82, 2.24) is 9.88 Å². The molecule has 1 heterocycles. The topological polar surface area (TPSA) is 45.7 Å². The zero-order valence-electron chi connectivity index (χ0n) is 17.0. The molecule has 0 unspecified atom stereocenters. The highest BCUT2D eigenvalue weighted by molar-refractivity contribution is 7.98. The summed E-state index contributed by atoms with van der Waals surface area (Å²) in [6.07, 6.45) is 2.03. The highest BCUT2D eigenvalue weighted by atomic mass is 35.5. The number of hydrogen-bond acceptors (Lipinski definition) is 6. The van der Waals surface area contributed by atoms with Gasteiger partial charge in [0.15, 0.2) is 5.13 Å². The number of benzene rings is 2. The van der Waals surface area contributed by atoms with E-state index in [-0.39, 0.29) is 18.3 Å². The van der Waals surface area contributed by atoms with E-state index in [0.29, 0.717) is 23.8 Å². The van der Waals surface area contributed by atoms with Crippen molar-refractivity contribution in [3.63, 3.8) is 0 Å². The summed E-state index contributed by atoms with van der Waals surface area (Å²) in [5.41, 5.74) is 1.48. The van der Waals surface area contributed by atoms with Crippen molar-refractivity contribution < 1.29 is 9.53 Å².